The van der Waals surface area contributed by atoms with Crippen LogP contribution < -0.4 is 9.21 Å². The standard InChI is InChI=1S/C16H16FN3O2S/c17-13-4-3-5-16-12(13)11-20(23(16,21)22)14-6-7-18-10-15(14)19-8-1-2-9-19/h3-7,10H,1-2,8-9,11H2. The molecular formula is C16H16FN3O2S. The zero-order valence-electron chi connectivity index (χ0n) is 12.4. The van der Waals surface area contributed by atoms with E-state index in [9.17, 15) is 12.8 Å². The molecule has 0 aliphatic carbocycles. The number of nitrogens with zero attached hydrogens (tertiary/aromatic N) is 3. The zero-order chi connectivity index (χ0) is 16.0. The van der Waals surface area contributed by atoms with E-state index in [-0.39, 0.29) is 17.0 Å². The Morgan fingerprint density at radius 3 is 2.61 bits per heavy atom. The third-order valence-corrected chi connectivity index (χ3v) is 6.28. The number of aromatic nitrogens is 1. The second-order valence-corrected chi connectivity index (χ2v) is 7.62. The molecule has 0 unspecified atom stereocenters. The largest absolute Gasteiger partial charge is 0.369 e. The van der Waals surface area contributed by atoms with E-state index in [2.05, 4.69) is 9.88 Å². The number of pyridine rings is 1. The summed E-state index contributed by atoms with van der Waals surface area (Å²) in [6.45, 7) is 1.79. The number of rotatable bonds is 2. The predicted molar refractivity (Wildman–Crippen MR) is 85.5 cm³/mol. The average molecular weight is 333 g/mol. The number of halogens is 1. The first-order chi connectivity index (χ1) is 11.1. The van der Waals surface area contributed by atoms with Gasteiger partial charge in [0.15, 0.2) is 0 Å². The molecule has 120 valence electrons. The van der Waals surface area contributed by atoms with Crippen molar-refractivity contribution in [2.24, 2.45) is 0 Å². The summed E-state index contributed by atoms with van der Waals surface area (Å²) in [4.78, 5) is 6.33. The molecule has 0 spiro atoms. The van der Waals surface area contributed by atoms with Crippen molar-refractivity contribution >= 4 is 21.4 Å². The Morgan fingerprint density at radius 1 is 1.09 bits per heavy atom. The van der Waals surface area contributed by atoms with Gasteiger partial charge >= 0.3 is 0 Å². The Bertz CT molecular complexity index is 863. The predicted octanol–water partition coefficient (Wildman–Crippen LogP) is 2.53. The Balaban J connectivity index is 1.83. The van der Waals surface area contributed by atoms with Crippen molar-refractivity contribution in [3.05, 3.63) is 48.0 Å². The summed E-state index contributed by atoms with van der Waals surface area (Å²) in [6.07, 6.45) is 5.42. The molecule has 0 atom stereocenters. The molecule has 7 heteroatoms. The van der Waals surface area contributed by atoms with E-state index in [1.54, 1.807) is 18.5 Å². The van der Waals surface area contributed by atoms with Crippen molar-refractivity contribution in [2.45, 2.75) is 24.3 Å². The summed E-state index contributed by atoms with van der Waals surface area (Å²) in [5, 5.41) is 0. The van der Waals surface area contributed by atoms with Crippen LogP contribution in [0.15, 0.2) is 41.6 Å². The highest BCUT2D eigenvalue weighted by Gasteiger charge is 2.38. The van der Waals surface area contributed by atoms with Crippen molar-refractivity contribution < 1.29 is 12.8 Å². The highest BCUT2D eigenvalue weighted by Crippen LogP contribution is 2.40. The number of fused-ring (bicyclic) bond motifs is 1. The fourth-order valence-electron chi connectivity index (χ4n) is 3.29. The molecule has 2 aromatic rings. The van der Waals surface area contributed by atoms with Crippen LogP contribution in [0.1, 0.15) is 18.4 Å². The molecule has 4 rings (SSSR count). The van der Waals surface area contributed by atoms with Crippen LogP contribution in [0.25, 0.3) is 0 Å². The lowest BCUT2D eigenvalue weighted by Crippen LogP contribution is -2.27. The first-order valence-corrected chi connectivity index (χ1v) is 9.02. The summed E-state index contributed by atoms with van der Waals surface area (Å²) in [5.41, 5.74) is 1.59. The first kappa shape index (κ1) is 14.4. The smallest absolute Gasteiger partial charge is 0.265 e. The lowest BCUT2D eigenvalue weighted by molar-refractivity contribution is 0.595. The molecule has 1 fully saturated rings. The van der Waals surface area contributed by atoms with Gasteiger partial charge in [0.25, 0.3) is 10.0 Å². The van der Waals surface area contributed by atoms with Crippen LogP contribution in [0.4, 0.5) is 15.8 Å². The Kier molecular flexibility index (Phi) is 3.26. The highest BCUT2D eigenvalue weighted by atomic mass is 32.2. The molecular weight excluding hydrogens is 317 g/mol. The molecule has 5 nitrogen and oxygen atoms in total. The summed E-state index contributed by atoms with van der Waals surface area (Å²) in [7, 11) is -3.74. The summed E-state index contributed by atoms with van der Waals surface area (Å²) >= 11 is 0. The minimum Gasteiger partial charge on any atom is -0.369 e. The number of hydrogen-bond donors (Lipinski definition) is 0. The maximum absolute atomic E-state index is 14.0. The fraction of sp³-hybridized carbons (Fsp3) is 0.312. The van der Waals surface area contributed by atoms with Crippen LogP contribution in [0.5, 0.6) is 0 Å². The van der Waals surface area contributed by atoms with Crippen molar-refractivity contribution in [1.29, 1.82) is 0 Å². The monoisotopic (exact) mass is 333 g/mol. The third-order valence-electron chi connectivity index (χ3n) is 4.44. The van der Waals surface area contributed by atoms with Gasteiger partial charge in [-0.1, -0.05) is 6.07 Å². The molecule has 0 amide bonds. The van der Waals surface area contributed by atoms with E-state index in [4.69, 9.17) is 0 Å². The molecule has 1 aromatic carbocycles. The number of anilines is 2. The van der Waals surface area contributed by atoms with Crippen molar-refractivity contribution in [2.75, 3.05) is 22.3 Å². The van der Waals surface area contributed by atoms with Crippen LogP contribution in [-0.2, 0) is 16.6 Å². The fourth-order valence-corrected chi connectivity index (χ4v) is 4.96. The van der Waals surface area contributed by atoms with Gasteiger partial charge in [0.05, 0.1) is 29.0 Å². The van der Waals surface area contributed by atoms with Crippen LogP contribution >= 0.6 is 0 Å². The zero-order valence-corrected chi connectivity index (χ0v) is 13.3. The Labute approximate surface area is 134 Å². The van der Waals surface area contributed by atoms with Crippen LogP contribution in [-0.4, -0.2) is 26.5 Å². The summed E-state index contributed by atoms with van der Waals surface area (Å²) < 4.78 is 40.9. The average Bonchev–Trinajstić information content (AvgIpc) is 3.15. The van der Waals surface area contributed by atoms with Crippen LogP contribution in [0, 0.1) is 5.82 Å². The van der Waals surface area contributed by atoms with Gasteiger partial charge in [-0.2, -0.15) is 0 Å². The molecule has 1 saturated heterocycles. The van der Waals surface area contributed by atoms with Crippen LogP contribution in [0.3, 0.4) is 0 Å². The molecule has 2 aliphatic rings. The van der Waals surface area contributed by atoms with E-state index in [0.717, 1.165) is 31.6 Å². The van der Waals surface area contributed by atoms with Gasteiger partial charge in [-0.25, -0.2) is 12.8 Å². The Morgan fingerprint density at radius 2 is 1.87 bits per heavy atom. The molecule has 0 saturated carbocycles. The molecule has 0 radical (unpaired) electrons. The van der Waals surface area contributed by atoms with Gasteiger partial charge < -0.3 is 4.90 Å². The van der Waals surface area contributed by atoms with Crippen molar-refractivity contribution in [1.82, 2.24) is 4.98 Å². The van der Waals surface area contributed by atoms with E-state index >= 15 is 0 Å². The third kappa shape index (κ3) is 2.18. The summed E-state index contributed by atoms with van der Waals surface area (Å²) in [5.74, 6) is -0.481. The molecule has 3 heterocycles. The van der Waals surface area contributed by atoms with Gasteiger partial charge in [0, 0.05) is 24.8 Å². The number of sulfonamides is 1. The van der Waals surface area contributed by atoms with E-state index < -0.39 is 15.8 Å². The van der Waals surface area contributed by atoms with E-state index in [1.807, 2.05) is 0 Å². The first-order valence-electron chi connectivity index (χ1n) is 7.58. The maximum atomic E-state index is 14.0. The minimum absolute atomic E-state index is 0.0230. The molecule has 23 heavy (non-hydrogen) atoms. The van der Waals surface area contributed by atoms with Gasteiger partial charge in [-0.15, -0.1) is 0 Å². The SMILES string of the molecule is O=S1(=O)c2cccc(F)c2CN1c1ccncc1N1CCCC1. The molecule has 0 N–H and O–H groups in total. The van der Waals surface area contributed by atoms with E-state index in [0.29, 0.717) is 5.69 Å². The molecule has 0 bridgehead atoms. The maximum Gasteiger partial charge on any atom is 0.265 e. The lowest BCUT2D eigenvalue weighted by Gasteiger charge is -2.25. The highest BCUT2D eigenvalue weighted by molar-refractivity contribution is 7.93. The van der Waals surface area contributed by atoms with Gasteiger partial charge in [0.2, 0.25) is 0 Å². The molecule has 2 aliphatic heterocycles. The minimum atomic E-state index is -3.74. The quantitative estimate of drug-likeness (QED) is 0.847. The lowest BCUT2D eigenvalue weighted by atomic mass is 10.2. The van der Waals surface area contributed by atoms with Gasteiger partial charge in [0.1, 0.15) is 5.82 Å². The number of benzene rings is 1. The summed E-state index contributed by atoms with van der Waals surface area (Å²) in [6, 6.07) is 5.88. The van der Waals surface area contributed by atoms with Crippen molar-refractivity contribution in [3.63, 3.8) is 0 Å². The molecule has 1 aromatic heterocycles. The van der Waals surface area contributed by atoms with Crippen LogP contribution in [0.2, 0.25) is 0 Å². The number of hydrogen-bond acceptors (Lipinski definition) is 4. The Hall–Kier alpha value is -2.15. The van der Waals surface area contributed by atoms with Crippen molar-refractivity contribution in [3.8, 4) is 0 Å². The topological polar surface area (TPSA) is 53.5 Å². The van der Waals surface area contributed by atoms with Gasteiger partial charge in [-0.05, 0) is 31.0 Å². The second kappa shape index (κ2) is 5.19. The van der Waals surface area contributed by atoms with Gasteiger partial charge in [-0.3, -0.25) is 9.29 Å². The second-order valence-electron chi connectivity index (χ2n) is 5.79. The normalized spacial score (nSPS) is 19.2. The van der Waals surface area contributed by atoms with E-state index in [1.165, 1.54) is 22.5 Å².